The predicted octanol–water partition coefficient (Wildman–Crippen LogP) is 6.72. The molecule has 0 bridgehead atoms. The fourth-order valence-electron chi connectivity index (χ4n) is 3.61. The van der Waals surface area contributed by atoms with Gasteiger partial charge in [0.1, 0.15) is 5.75 Å². The third-order valence-corrected chi connectivity index (χ3v) is 7.26. The molecular formula is C27H26F3N5O2S2. The molecule has 1 amide bonds. The smallest absolute Gasteiger partial charge is 0.416 e. The van der Waals surface area contributed by atoms with Crippen LogP contribution in [0.1, 0.15) is 29.3 Å². The fraction of sp³-hybridized carbons (Fsp3) is 0.259. The van der Waals surface area contributed by atoms with Gasteiger partial charge < -0.3 is 10.1 Å². The van der Waals surface area contributed by atoms with Crippen LogP contribution in [0.2, 0.25) is 0 Å². The second-order valence-corrected chi connectivity index (χ2v) is 10.5. The average Bonchev–Trinajstić information content (AvgIpc) is 3.53. The lowest BCUT2D eigenvalue weighted by Crippen LogP contribution is -2.14. The van der Waals surface area contributed by atoms with Crippen LogP contribution in [0, 0.1) is 0 Å². The van der Waals surface area contributed by atoms with E-state index in [1.807, 2.05) is 35.8 Å². The summed E-state index contributed by atoms with van der Waals surface area (Å²) in [5, 5.41) is 12.3. The van der Waals surface area contributed by atoms with Gasteiger partial charge in [0, 0.05) is 29.6 Å². The Morgan fingerprint density at radius 1 is 1.21 bits per heavy atom. The number of ether oxygens (including phenoxy) is 1. The number of amides is 1. The van der Waals surface area contributed by atoms with E-state index in [0.29, 0.717) is 34.8 Å². The first kappa shape index (κ1) is 28.4. The number of carbonyl (C=O) groups excluding carboxylic acids is 1. The number of halogens is 3. The molecule has 0 aliphatic heterocycles. The van der Waals surface area contributed by atoms with E-state index in [-0.39, 0.29) is 18.1 Å². The first-order chi connectivity index (χ1) is 18.8. The lowest BCUT2D eigenvalue weighted by atomic mass is 10.1. The molecule has 4 aromatic rings. The van der Waals surface area contributed by atoms with E-state index in [1.54, 1.807) is 18.3 Å². The molecule has 39 heavy (non-hydrogen) atoms. The molecule has 0 saturated carbocycles. The Hall–Kier alpha value is -3.64. The molecule has 0 saturated heterocycles. The van der Waals surface area contributed by atoms with Gasteiger partial charge in [0.05, 0.1) is 17.9 Å². The molecule has 12 heteroatoms. The number of nitrogens with one attached hydrogen (secondary N) is 1. The molecular weight excluding hydrogens is 547 g/mol. The number of rotatable bonds is 12. The molecule has 0 atom stereocenters. The summed E-state index contributed by atoms with van der Waals surface area (Å²) >= 11 is 2.45. The maximum Gasteiger partial charge on any atom is 0.416 e. The van der Waals surface area contributed by atoms with E-state index in [4.69, 9.17) is 4.74 Å². The molecule has 4 rings (SSSR count). The van der Waals surface area contributed by atoms with Crippen molar-refractivity contribution in [1.82, 2.24) is 19.7 Å². The van der Waals surface area contributed by atoms with E-state index < -0.39 is 11.7 Å². The third kappa shape index (κ3) is 7.70. The lowest BCUT2D eigenvalue weighted by molar-refractivity contribution is -0.137. The van der Waals surface area contributed by atoms with Crippen LogP contribution in [0.5, 0.6) is 5.75 Å². The molecule has 2 aromatic heterocycles. The standard InChI is InChI=1S/C27H26F3N5O2S2/c1-3-12-35-24(19-8-10-21(11-9-19)37-13-4-2)33-34-26(35)38-17-23(36)32-25-31-16-22(39-25)15-18-6-5-7-20(14-18)27(28,29)30/h3,5-11,14,16H,1,4,12-13,15,17H2,2H3,(H,31,32,36). The van der Waals surface area contributed by atoms with E-state index in [0.717, 1.165) is 34.7 Å². The summed E-state index contributed by atoms with van der Waals surface area (Å²) in [5.74, 6) is 1.22. The molecule has 204 valence electrons. The van der Waals surface area contributed by atoms with Crippen LogP contribution in [0.15, 0.2) is 72.5 Å². The van der Waals surface area contributed by atoms with Crippen LogP contribution in [0.4, 0.5) is 18.3 Å². The summed E-state index contributed by atoms with van der Waals surface area (Å²) in [7, 11) is 0. The minimum atomic E-state index is -4.40. The zero-order valence-corrected chi connectivity index (χ0v) is 22.7. The van der Waals surface area contributed by atoms with Crippen molar-refractivity contribution < 1.29 is 22.7 Å². The van der Waals surface area contributed by atoms with Gasteiger partial charge in [-0.05, 0) is 42.3 Å². The number of benzene rings is 2. The summed E-state index contributed by atoms with van der Waals surface area (Å²) in [4.78, 5) is 17.5. The minimum Gasteiger partial charge on any atom is -0.494 e. The first-order valence-corrected chi connectivity index (χ1v) is 13.9. The molecule has 0 spiro atoms. The highest BCUT2D eigenvalue weighted by atomic mass is 32.2. The molecule has 0 fully saturated rings. The molecule has 0 aliphatic carbocycles. The minimum absolute atomic E-state index is 0.0710. The van der Waals surface area contributed by atoms with Gasteiger partial charge in [-0.25, -0.2) is 4.98 Å². The van der Waals surface area contributed by atoms with E-state index in [2.05, 4.69) is 27.1 Å². The summed E-state index contributed by atoms with van der Waals surface area (Å²) in [6, 6.07) is 12.8. The Morgan fingerprint density at radius 3 is 2.72 bits per heavy atom. The number of thioether (sulfide) groups is 1. The number of nitrogens with zero attached hydrogens (tertiary/aromatic N) is 4. The van der Waals surface area contributed by atoms with Crippen molar-refractivity contribution >= 4 is 34.1 Å². The summed E-state index contributed by atoms with van der Waals surface area (Å²) in [6.45, 7) is 6.97. The Labute approximate surface area is 232 Å². The number of anilines is 1. The van der Waals surface area contributed by atoms with Gasteiger partial charge in [0.2, 0.25) is 5.91 Å². The highest BCUT2D eigenvalue weighted by molar-refractivity contribution is 7.99. The number of thiazole rings is 1. The van der Waals surface area contributed by atoms with Crippen molar-refractivity contribution in [3.8, 4) is 17.1 Å². The lowest BCUT2D eigenvalue weighted by Gasteiger charge is -2.09. The molecule has 0 radical (unpaired) electrons. The zero-order valence-electron chi connectivity index (χ0n) is 21.1. The SMILES string of the molecule is C=CCn1c(SCC(=O)Nc2ncc(Cc3cccc(C(F)(F)F)c3)s2)nnc1-c1ccc(OCCC)cc1. The number of hydrogen-bond acceptors (Lipinski definition) is 7. The van der Waals surface area contributed by atoms with Crippen molar-refractivity contribution in [2.24, 2.45) is 0 Å². The van der Waals surface area contributed by atoms with Gasteiger partial charge in [-0.3, -0.25) is 9.36 Å². The number of aromatic nitrogens is 4. The van der Waals surface area contributed by atoms with E-state index in [1.165, 1.54) is 29.2 Å². The van der Waals surface area contributed by atoms with Gasteiger partial charge in [0.15, 0.2) is 16.1 Å². The predicted molar refractivity (Wildman–Crippen MR) is 147 cm³/mol. The van der Waals surface area contributed by atoms with Crippen molar-refractivity contribution in [3.63, 3.8) is 0 Å². The highest BCUT2D eigenvalue weighted by Crippen LogP contribution is 2.31. The second kappa shape index (κ2) is 12.9. The quantitative estimate of drug-likeness (QED) is 0.150. The Balaban J connectivity index is 1.36. The van der Waals surface area contributed by atoms with Crippen LogP contribution in [0.25, 0.3) is 11.4 Å². The fourth-order valence-corrected chi connectivity index (χ4v) is 5.22. The number of alkyl halides is 3. The van der Waals surface area contributed by atoms with Gasteiger partial charge in [0.25, 0.3) is 0 Å². The average molecular weight is 574 g/mol. The van der Waals surface area contributed by atoms with Crippen LogP contribution < -0.4 is 10.1 Å². The molecule has 2 heterocycles. The third-order valence-electron chi connectivity index (χ3n) is 5.38. The largest absolute Gasteiger partial charge is 0.494 e. The monoisotopic (exact) mass is 573 g/mol. The maximum absolute atomic E-state index is 13.0. The summed E-state index contributed by atoms with van der Waals surface area (Å²) < 4.78 is 46.5. The van der Waals surface area contributed by atoms with Crippen molar-refractivity contribution in [2.75, 3.05) is 17.7 Å². The van der Waals surface area contributed by atoms with Gasteiger partial charge in [-0.2, -0.15) is 13.2 Å². The zero-order chi connectivity index (χ0) is 27.8. The summed E-state index contributed by atoms with van der Waals surface area (Å²) in [5.41, 5.74) is 0.684. The van der Waals surface area contributed by atoms with Gasteiger partial charge in [-0.15, -0.1) is 28.1 Å². The second-order valence-electron chi connectivity index (χ2n) is 8.42. The van der Waals surface area contributed by atoms with Gasteiger partial charge >= 0.3 is 6.18 Å². The molecule has 1 N–H and O–H groups in total. The Morgan fingerprint density at radius 2 is 2.00 bits per heavy atom. The van der Waals surface area contributed by atoms with Crippen LogP contribution in [0.3, 0.4) is 0 Å². The molecule has 0 unspecified atom stereocenters. The normalized spacial score (nSPS) is 11.4. The molecule has 7 nitrogen and oxygen atoms in total. The Kier molecular flexibility index (Phi) is 9.41. The molecule has 0 aliphatic rings. The topological polar surface area (TPSA) is 81.9 Å². The van der Waals surface area contributed by atoms with Crippen molar-refractivity contribution in [2.45, 2.75) is 37.6 Å². The van der Waals surface area contributed by atoms with Crippen LogP contribution >= 0.6 is 23.1 Å². The number of carbonyl (C=O) groups is 1. The highest BCUT2D eigenvalue weighted by Gasteiger charge is 2.30. The van der Waals surface area contributed by atoms with Crippen molar-refractivity contribution in [3.05, 3.63) is 83.4 Å². The van der Waals surface area contributed by atoms with Crippen molar-refractivity contribution in [1.29, 1.82) is 0 Å². The van der Waals surface area contributed by atoms with Crippen LogP contribution in [-0.4, -0.2) is 38.0 Å². The number of hydrogen-bond donors (Lipinski definition) is 1. The van der Waals surface area contributed by atoms with E-state index in [9.17, 15) is 18.0 Å². The summed E-state index contributed by atoms with van der Waals surface area (Å²) in [6.07, 6.45) is 0.0971. The first-order valence-electron chi connectivity index (χ1n) is 12.1. The van der Waals surface area contributed by atoms with Crippen LogP contribution in [-0.2, 0) is 23.9 Å². The Bertz CT molecular complexity index is 1420. The number of allylic oxidation sites excluding steroid dienone is 1. The maximum atomic E-state index is 13.0. The van der Waals surface area contributed by atoms with E-state index >= 15 is 0 Å². The van der Waals surface area contributed by atoms with Gasteiger partial charge in [-0.1, -0.05) is 43.0 Å². The molecule has 2 aromatic carbocycles.